The zero-order valence-electron chi connectivity index (χ0n) is 11.5. The van der Waals surface area contributed by atoms with E-state index in [9.17, 15) is 0 Å². The number of hydrogen-bond donors (Lipinski definition) is 1. The van der Waals surface area contributed by atoms with Gasteiger partial charge < -0.3 is 9.55 Å². The van der Waals surface area contributed by atoms with Gasteiger partial charge in [-0.2, -0.15) is 0 Å². The third kappa shape index (κ3) is 2.64. The molecule has 0 bridgehead atoms. The molecule has 4 heteroatoms. The van der Waals surface area contributed by atoms with Gasteiger partial charge in [-0.25, -0.2) is 9.97 Å². The maximum absolute atomic E-state index is 4.53. The molecule has 0 radical (unpaired) electrons. The Bertz CT molecular complexity index is 640. The Labute approximate surface area is 118 Å². The number of imidazole rings is 2. The van der Waals surface area contributed by atoms with Crippen molar-refractivity contribution < 1.29 is 0 Å². The van der Waals surface area contributed by atoms with E-state index in [-0.39, 0.29) is 0 Å². The first-order chi connectivity index (χ1) is 9.84. The molecule has 2 aromatic heterocycles. The van der Waals surface area contributed by atoms with Gasteiger partial charge in [0.1, 0.15) is 5.82 Å². The zero-order valence-corrected chi connectivity index (χ0v) is 11.5. The van der Waals surface area contributed by atoms with Crippen molar-refractivity contribution in [1.29, 1.82) is 0 Å². The van der Waals surface area contributed by atoms with Crippen LogP contribution < -0.4 is 0 Å². The number of aromatic amines is 1. The number of nitrogens with zero attached hydrogens (tertiary/aromatic N) is 3. The quantitative estimate of drug-likeness (QED) is 0.771. The SMILES string of the molecule is C[C@@H](c1ccccc1)c1nccn1CCc1cnc[nH]1. The maximum atomic E-state index is 4.53. The smallest absolute Gasteiger partial charge is 0.115 e. The first-order valence-electron chi connectivity index (χ1n) is 6.88. The lowest BCUT2D eigenvalue weighted by molar-refractivity contribution is 0.627. The van der Waals surface area contributed by atoms with Crippen LogP contribution in [0.2, 0.25) is 0 Å². The first kappa shape index (κ1) is 12.7. The summed E-state index contributed by atoms with van der Waals surface area (Å²) in [6.07, 6.45) is 8.45. The summed E-state index contributed by atoms with van der Waals surface area (Å²) in [4.78, 5) is 11.7. The van der Waals surface area contributed by atoms with Crippen LogP contribution in [0.4, 0.5) is 0 Å². The van der Waals surface area contributed by atoms with Gasteiger partial charge in [-0.3, -0.25) is 0 Å². The van der Waals surface area contributed by atoms with Crippen molar-refractivity contribution in [2.75, 3.05) is 0 Å². The average molecular weight is 266 g/mol. The highest BCUT2D eigenvalue weighted by Gasteiger charge is 2.13. The molecule has 0 saturated heterocycles. The van der Waals surface area contributed by atoms with E-state index in [1.807, 2.05) is 24.7 Å². The Morgan fingerprint density at radius 1 is 1.25 bits per heavy atom. The van der Waals surface area contributed by atoms with Crippen molar-refractivity contribution in [3.63, 3.8) is 0 Å². The lowest BCUT2D eigenvalue weighted by atomic mass is 10.0. The minimum atomic E-state index is 0.299. The van der Waals surface area contributed by atoms with E-state index in [2.05, 4.69) is 50.7 Å². The highest BCUT2D eigenvalue weighted by atomic mass is 15.1. The highest BCUT2D eigenvalue weighted by Crippen LogP contribution is 2.22. The van der Waals surface area contributed by atoms with E-state index in [1.54, 1.807) is 6.33 Å². The van der Waals surface area contributed by atoms with Gasteiger partial charge in [-0.05, 0) is 5.56 Å². The second kappa shape index (κ2) is 5.74. The van der Waals surface area contributed by atoms with Crippen LogP contribution in [0.5, 0.6) is 0 Å². The molecule has 0 saturated carbocycles. The van der Waals surface area contributed by atoms with Gasteiger partial charge in [-0.15, -0.1) is 0 Å². The van der Waals surface area contributed by atoms with Crippen LogP contribution in [0, 0.1) is 0 Å². The Morgan fingerprint density at radius 3 is 2.85 bits per heavy atom. The molecule has 1 aromatic carbocycles. The van der Waals surface area contributed by atoms with Crippen LogP contribution in [0.3, 0.4) is 0 Å². The standard InChI is InChI=1S/C16H18N4/c1-13(14-5-3-2-4-6-14)16-18-8-10-20(16)9-7-15-11-17-12-19-15/h2-6,8,10-13H,7,9H2,1H3,(H,17,19)/t13-/m0/s1. The summed E-state index contributed by atoms with van der Waals surface area (Å²) in [5.41, 5.74) is 2.44. The summed E-state index contributed by atoms with van der Waals surface area (Å²) in [6, 6.07) is 10.5. The summed E-state index contributed by atoms with van der Waals surface area (Å²) in [5.74, 6) is 1.41. The van der Waals surface area contributed by atoms with Crippen LogP contribution in [0.15, 0.2) is 55.2 Å². The molecule has 3 aromatic rings. The summed E-state index contributed by atoms with van der Waals surface area (Å²) in [5, 5.41) is 0. The number of aryl methyl sites for hydroxylation is 2. The minimum Gasteiger partial charge on any atom is -0.348 e. The normalized spacial score (nSPS) is 12.4. The molecular formula is C16H18N4. The predicted molar refractivity (Wildman–Crippen MR) is 78.5 cm³/mol. The van der Waals surface area contributed by atoms with E-state index in [0.717, 1.165) is 24.5 Å². The van der Waals surface area contributed by atoms with Gasteiger partial charge in [0.15, 0.2) is 0 Å². The van der Waals surface area contributed by atoms with Crippen LogP contribution in [0.1, 0.15) is 29.9 Å². The van der Waals surface area contributed by atoms with Gasteiger partial charge >= 0.3 is 0 Å². The molecule has 0 aliphatic carbocycles. The van der Waals surface area contributed by atoms with Crippen LogP contribution in [-0.4, -0.2) is 19.5 Å². The molecule has 20 heavy (non-hydrogen) atoms. The highest BCUT2D eigenvalue weighted by molar-refractivity contribution is 5.25. The second-order valence-electron chi connectivity index (χ2n) is 4.94. The molecule has 0 aliphatic rings. The molecule has 2 heterocycles. The average Bonchev–Trinajstić information content (AvgIpc) is 3.16. The summed E-state index contributed by atoms with van der Waals surface area (Å²) in [7, 11) is 0. The van der Waals surface area contributed by atoms with Crippen molar-refractivity contribution in [1.82, 2.24) is 19.5 Å². The molecule has 3 rings (SSSR count). The number of aromatic nitrogens is 4. The molecule has 4 nitrogen and oxygen atoms in total. The third-order valence-corrected chi connectivity index (χ3v) is 3.61. The lowest BCUT2D eigenvalue weighted by Gasteiger charge is -2.14. The van der Waals surface area contributed by atoms with E-state index < -0.39 is 0 Å². The molecule has 0 unspecified atom stereocenters. The van der Waals surface area contributed by atoms with Crippen molar-refractivity contribution in [2.45, 2.75) is 25.8 Å². The van der Waals surface area contributed by atoms with Gasteiger partial charge in [-0.1, -0.05) is 37.3 Å². The first-order valence-corrected chi connectivity index (χ1v) is 6.88. The summed E-state index contributed by atoms with van der Waals surface area (Å²) in [6.45, 7) is 3.11. The van der Waals surface area contributed by atoms with Crippen molar-refractivity contribution in [2.24, 2.45) is 0 Å². The van der Waals surface area contributed by atoms with E-state index in [0.29, 0.717) is 5.92 Å². The largest absolute Gasteiger partial charge is 0.348 e. The van der Waals surface area contributed by atoms with Crippen molar-refractivity contribution in [3.8, 4) is 0 Å². The molecule has 0 aliphatic heterocycles. The number of benzene rings is 1. The van der Waals surface area contributed by atoms with Crippen molar-refractivity contribution >= 4 is 0 Å². The van der Waals surface area contributed by atoms with Gasteiger partial charge in [0.05, 0.1) is 6.33 Å². The monoisotopic (exact) mass is 266 g/mol. The van der Waals surface area contributed by atoms with E-state index >= 15 is 0 Å². The molecule has 1 atom stereocenters. The van der Waals surface area contributed by atoms with E-state index in [4.69, 9.17) is 0 Å². The minimum absolute atomic E-state index is 0.299. The fourth-order valence-corrected chi connectivity index (χ4v) is 2.44. The van der Waals surface area contributed by atoms with Crippen molar-refractivity contribution in [3.05, 3.63) is 72.3 Å². The topological polar surface area (TPSA) is 46.5 Å². The number of H-pyrrole nitrogens is 1. The van der Waals surface area contributed by atoms with Gasteiger partial charge in [0, 0.05) is 43.2 Å². The number of rotatable bonds is 5. The third-order valence-electron chi connectivity index (χ3n) is 3.61. The summed E-state index contributed by atoms with van der Waals surface area (Å²) < 4.78 is 2.22. The molecule has 1 N–H and O–H groups in total. The van der Waals surface area contributed by atoms with Crippen LogP contribution in [-0.2, 0) is 13.0 Å². The molecule has 0 spiro atoms. The fourth-order valence-electron chi connectivity index (χ4n) is 2.44. The Morgan fingerprint density at radius 2 is 2.10 bits per heavy atom. The number of nitrogens with one attached hydrogen (secondary N) is 1. The lowest BCUT2D eigenvalue weighted by Crippen LogP contribution is -2.09. The summed E-state index contributed by atoms with van der Waals surface area (Å²) >= 11 is 0. The zero-order chi connectivity index (χ0) is 13.8. The molecule has 0 fully saturated rings. The van der Waals surface area contributed by atoms with Crippen LogP contribution in [0.25, 0.3) is 0 Å². The Balaban J connectivity index is 1.76. The van der Waals surface area contributed by atoms with Gasteiger partial charge in [0.2, 0.25) is 0 Å². The van der Waals surface area contributed by atoms with E-state index in [1.165, 1.54) is 5.56 Å². The molecule has 0 amide bonds. The molecule has 102 valence electrons. The Kier molecular flexibility index (Phi) is 3.63. The van der Waals surface area contributed by atoms with Gasteiger partial charge in [0.25, 0.3) is 0 Å². The predicted octanol–water partition coefficient (Wildman–Crippen LogP) is 3.00. The number of hydrogen-bond acceptors (Lipinski definition) is 2. The second-order valence-corrected chi connectivity index (χ2v) is 4.94. The van der Waals surface area contributed by atoms with Crippen LogP contribution >= 0.6 is 0 Å². The maximum Gasteiger partial charge on any atom is 0.115 e. The fraction of sp³-hybridized carbons (Fsp3) is 0.250. The molecular weight excluding hydrogens is 248 g/mol. The Hall–Kier alpha value is -2.36.